The van der Waals surface area contributed by atoms with Crippen LogP contribution in [0.1, 0.15) is 52.9 Å². The number of β-amino-alcohol motifs (C(OH)–C–C–N with tert-alkyl or cyclic N) is 2. The Morgan fingerprint density at radius 2 is 1.82 bits per heavy atom. The molecule has 176 valence electrons. The lowest BCUT2D eigenvalue weighted by molar-refractivity contribution is -0.146. The molecular weight excluding hydrogens is 428 g/mol. The molecule has 9 nitrogen and oxygen atoms in total. The van der Waals surface area contributed by atoms with E-state index in [1.54, 1.807) is 24.0 Å². The van der Waals surface area contributed by atoms with Gasteiger partial charge in [-0.05, 0) is 50.4 Å². The number of benzene rings is 1. The van der Waals surface area contributed by atoms with Crippen LogP contribution in [-0.4, -0.2) is 76.7 Å². The fourth-order valence-electron chi connectivity index (χ4n) is 5.61. The number of likely N-dealkylation sites (tertiary alicyclic amines) is 2. The van der Waals surface area contributed by atoms with Crippen molar-refractivity contribution in [3.8, 4) is 0 Å². The molecule has 3 atom stereocenters. The summed E-state index contributed by atoms with van der Waals surface area (Å²) in [5.41, 5.74) is 3.11. The van der Waals surface area contributed by atoms with Gasteiger partial charge in [0.25, 0.3) is 0 Å². The number of carbonyl (C=O) groups is 3. The van der Waals surface area contributed by atoms with Crippen molar-refractivity contribution in [1.29, 1.82) is 0 Å². The van der Waals surface area contributed by atoms with Gasteiger partial charge in [-0.25, -0.2) is 9.59 Å². The zero-order chi connectivity index (χ0) is 23.5. The number of cyclic esters (lactones) is 2. The number of nitrogens with zero attached hydrogens (tertiary/aromatic N) is 2. The number of hydrogen-bond donors (Lipinski definition) is 2. The van der Waals surface area contributed by atoms with Gasteiger partial charge in [0.05, 0.1) is 34.5 Å². The van der Waals surface area contributed by atoms with E-state index in [-0.39, 0.29) is 31.6 Å². The number of carbonyl (C=O) groups excluding carboxylic acids is 3. The normalized spacial score (nSPS) is 28.5. The molecule has 2 N–H and O–H groups in total. The monoisotopic (exact) mass is 456 g/mol. The van der Waals surface area contributed by atoms with Gasteiger partial charge in [-0.2, -0.15) is 0 Å². The van der Waals surface area contributed by atoms with Crippen molar-refractivity contribution in [2.75, 3.05) is 32.8 Å². The van der Waals surface area contributed by atoms with Gasteiger partial charge in [0.15, 0.2) is 0 Å². The lowest BCUT2D eigenvalue weighted by Gasteiger charge is -2.42. The molecule has 1 aromatic rings. The molecule has 0 saturated carbocycles. The molecule has 0 aromatic heterocycles. The summed E-state index contributed by atoms with van der Waals surface area (Å²) in [6, 6.07) is 3.45. The van der Waals surface area contributed by atoms with Crippen molar-refractivity contribution in [3.63, 3.8) is 0 Å². The van der Waals surface area contributed by atoms with E-state index in [1.807, 2.05) is 11.8 Å². The molecule has 1 amide bonds. The average molecular weight is 456 g/mol. The molecule has 2 unspecified atom stereocenters. The summed E-state index contributed by atoms with van der Waals surface area (Å²) in [6.07, 6.45) is -0.672. The lowest BCUT2D eigenvalue weighted by Crippen LogP contribution is -2.55. The Hall–Kier alpha value is -2.75. The molecule has 4 heterocycles. The van der Waals surface area contributed by atoms with Gasteiger partial charge in [-0.15, -0.1) is 0 Å². The van der Waals surface area contributed by atoms with Gasteiger partial charge in [-0.3, -0.25) is 9.69 Å². The number of hydrogen-bond acceptors (Lipinski definition) is 8. The van der Waals surface area contributed by atoms with Crippen molar-refractivity contribution in [1.82, 2.24) is 9.80 Å². The maximum absolute atomic E-state index is 13.3. The average Bonchev–Trinajstić information content (AvgIpc) is 3.43. The number of aliphatic hydroxyl groups excluding tert-OH is 2. The number of aliphatic hydroxyl groups is 2. The second kappa shape index (κ2) is 7.93. The summed E-state index contributed by atoms with van der Waals surface area (Å²) < 4.78 is 10.2. The highest BCUT2D eigenvalue weighted by Gasteiger charge is 2.55. The van der Waals surface area contributed by atoms with Crippen molar-refractivity contribution < 1.29 is 34.1 Å². The first-order chi connectivity index (χ1) is 15.7. The van der Waals surface area contributed by atoms with Gasteiger partial charge >= 0.3 is 11.9 Å². The third-order valence-corrected chi connectivity index (χ3v) is 7.80. The number of rotatable bonds is 4. The first kappa shape index (κ1) is 22.1. The van der Waals surface area contributed by atoms with Crippen LogP contribution >= 0.6 is 0 Å². The molecule has 1 spiro atoms. The smallest absolute Gasteiger partial charge is 0.338 e. The predicted molar refractivity (Wildman–Crippen MR) is 115 cm³/mol. The molecule has 2 fully saturated rings. The van der Waals surface area contributed by atoms with Gasteiger partial charge < -0.3 is 24.6 Å². The Labute approximate surface area is 191 Å². The SMILES string of the molecule is CC1=C(N2CCC3(CCN(C[C@H](O)c4ccc5c(c4C)COC5=O)CC3O)C2=O)COC1=O. The first-order valence-electron chi connectivity index (χ1n) is 11.3. The molecule has 33 heavy (non-hydrogen) atoms. The van der Waals surface area contributed by atoms with Gasteiger partial charge in [0.1, 0.15) is 13.2 Å². The Balaban J connectivity index is 1.27. The highest BCUT2D eigenvalue weighted by atomic mass is 16.5. The van der Waals surface area contributed by atoms with Crippen LogP contribution in [0.2, 0.25) is 0 Å². The molecule has 9 heteroatoms. The lowest BCUT2D eigenvalue weighted by atomic mass is 9.74. The summed E-state index contributed by atoms with van der Waals surface area (Å²) in [5.74, 6) is -0.892. The summed E-state index contributed by atoms with van der Waals surface area (Å²) in [4.78, 5) is 40.4. The second-order valence-corrected chi connectivity index (χ2v) is 9.43. The van der Waals surface area contributed by atoms with Crippen molar-refractivity contribution in [2.24, 2.45) is 5.41 Å². The minimum atomic E-state index is -0.873. The fraction of sp³-hybridized carbons (Fsp3) is 0.542. The Bertz CT molecular complexity index is 1080. The summed E-state index contributed by atoms with van der Waals surface area (Å²) in [5, 5.41) is 21.9. The van der Waals surface area contributed by atoms with Crippen LogP contribution < -0.4 is 0 Å². The van der Waals surface area contributed by atoms with Crippen molar-refractivity contribution in [3.05, 3.63) is 45.7 Å². The second-order valence-electron chi connectivity index (χ2n) is 9.43. The minimum Gasteiger partial charge on any atom is -0.457 e. The van der Waals surface area contributed by atoms with E-state index in [0.29, 0.717) is 49.3 Å². The van der Waals surface area contributed by atoms with Crippen LogP contribution in [0.15, 0.2) is 23.4 Å². The number of amides is 1. The van der Waals surface area contributed by atoms with Crippen LogP contribution in [-0.2, 0) is 25.7 Å². The van der Waals surface area contributed by atoms with E-state index in [9.17, 15) is 24.6 Å². The molecule has 5 rings (SSSR count). The Morgan fingerprint density at radius 1 is 1.09 bits per heavy atom. The maximum Gasteiger partial charge on any atom is 0.338 e. The summed E-state index contributed by atoms with van der Waals surface area (Å²) in [6.45, 7) is 5.45. The molecule has 4 aliphatic heterocycles. The molecule has 0 radical (unpaired) electrons. The first-order valence-corrected chi connectivity index (χ1v) is 11.3. The minimum absolute atomic E-state index is 0.0949. The van der Waals surface area contributed by atoms with E-state index in [4.69, 9.17) is 9.47 Å². The highest BCUT2D eigenvalue weighted by Crippen LogP contribution is 2.44. The van der Waals surface area contributed by atoms with Crippen molar-refractivity contribution >= 4 is 17.8 Å². The zero-order valence-electron chi connectivity index (χ0n) is 18.8. The molecule has 2 saturated heterocycles. The number of fused-ring (bicyclic) bond motifs is 1. The van der Waals surface area contributed by atoms with E-state index in [1.165, 1.54) is 0 Å². The topological polar surface area (TPSA) is 117 Å². The third kappa shape index (κ3) is 3.37. The quantitative estimate of drug-likeness (QED) is 0.640. The highest BCUT2D eigenvalue weighted by molar-refractivity contribution is 5.95. The van der Waals surface area contributed by atoms with Gasteiger partial charge in [-0.1, -0.05) is 6.07 Å². The standard InChI is InChI=1S/C24H28N2O7/c1-13-15(3-4-16-17(13)11-32-22(16)30)19(27)9-25-7-5-24(20(28)10-25)6-8-26(23(24)31)18-12-33-21(29)14(18)2/h3-4,19-20,27-28H,5-12H2,1-2H3/t19-,20?,24?/m0/s1. The molecular formula is C24H28N2O7. The van der Waals surface area contributed by atoms with E-state index in [0.717, 1.165) is 16.7 Å². The number of piperidine rings is 1. The predicted octanol–water partition coefficient (Wildman–Crippen LogP) is 0.815. The van der Waals surface area contributed by atoms with Gasteiger partial charge in [0.2, 0.25) is 5.91 Å². The van der Waals surface area contributed by atoms with Crippen LogP contribution in [0.5, 0.6) is 0 Å². The summed E-state index contributed by atoms with van der Waals surface area (Å²) in [7, 11) is 0. The van der Waals surface area contributed by atoms with E-state index >= 15 is 0 Å². The zero-order valence-corrected chi connectivity index (χ0v) is 18.8. The van der Waals surface area contributed by atoms with E-state index < -0.39 is 23.6 Å². The molecule has 0 bridgehead atoms. The summed E-state index contributed by atoms with van der Waals surface area (Å²) >= 11 is 0. The Kier molecular flexibility index (Phi) is 5.30. The van der Waals surface area contributed by atoms with Crippen molar-refractivity contribution in [2.45, 2.75) is 45.5 Å². The van der Waals surface area contributed by atoms with E-state index in [2.05, 4.69) is 0 Å². The maximum atomic E-state index is 13.3. The van der Waals surface area contributed by atoms with Crippen LogP contribution in [0.3, 0.4) is 0 Å². The number of esters is 2. The Morgan fingerprint density at radius 3 is 2.52 bits per heavy atom. The largest absolute Gasteiger partial charge is 0.457 e. The molecule has 0 aliphatic carbocycles. The van der Waals surface area contributed by atoms with Crippen LogP contribution in [0.4, 0.5) is 0 Å². The fourth-order valence-corrected chi connectivity index (χ4v) is 5.61. The third-order valence-electron chi connectivity index (χ3n) is 7.80. The molecule has 4 aliphatic rings. The molecule has 1 aromatic carbocycles. The number of ether oxygens (including phenoxy) is 2. The van der Waals surface area contributed by atoms with Crippen LogP contribution in [0.25, 0.3) is 0 Å². The van der Waals surface area contributed by atoms with Crippen LogP contribution in [0, 0.1) is 12.3 Å². The van der Waals surface area contributed by atoms with Gasteiger partial charge in [0, 0.05) is 25.2 Å².